The fourth-order valence-electron chi connectivity index (χ4n) is 3.34. The predicted molar refractivity (Wildman–Crippen MR) is 114 cm³/mol. The summed E-state index contributed by atoms with van der Waals surface area (Å²) < 4.78 is 0. The van der Waals surface area contributed by atoms with Gasteiger partial charge in [-0.15, -0.1) is 10.2 Å². The Hall–Kier alpha value is -3.39. The molecule has 8 heteroatoms. The normalized spacial score (nSPS) is 14.2. The highest BCUT2D eigenvalue weighted by molar-refractivity contribution is 7.15. The molecule has 1 aliphatic rings. The zero-order valence-corrected chi connectivity index (χ0v) is 17.3. The van der Waals surface area contributed by atoms with Crippen molar-refractivity contribution in [3.8, 4) is 0 Å². The van der Waals surface area contributed by atoms with Crippen molar-refractivity contribution in [2.24, 2.45) is 0 Å². The molecule has 3 aromatic rings. The van der Waals surface area contributed by atoms with Gasteiger partial charge in [0.05, 0.1) is 11.1 Å². The maximum atomic E-state index is 13.2. The third kappa shape index (κ3) is 3.73. The van der Waals surface area contributed by atoms with Gasteiger partial charge in [-0.25, -0.2) is 0 Å². The summed E-state index contributed by atoms with van der Waals surface area (Å²) in [5.74, 6) is -1.22. The van der Waals surface area contributed by atoms with E-state index in [-0.39, 0.29) is 12.3 Å². The van der Waals surface area contributed by atoms with Crippen LogP contribution in [0.15, 0.2) is 54.6 Å². The van der Waals surface area contributed by atoms with E-state index < -0.39 is 23.8 Å². The minimum atomic E-state index is -1.01. The lowest BCUT2D eigenvalue weighted by atomic mass is 10.0. The molecule has 0 unspecified atom stereocenters. The van der Waals surface area contributed by atoms with Crippen molar-refractivity contribution in [2.45, 2.75) is 32.2 Å². The number of hydrogen-bond acceptors (Lipinski definition) is 6. The summed E-state index contributed by atoms with van der Waals surface area (Å²) in [5.41, 5.74) is 1.46. The zero-order chi connectivity index (χ0) is 21.3. The van der Waals surface area contributed by atoms with E-state index in [0.29, 0.717) is 16.3 Å². The van der Waals surface area contributed by atoms with E-state index >= 15 is 0 Å². The number of nitrogens with one attached hydrogen (secondary N) is 1. The van der Waals surface area contributed by atoms with Gasteiger partial charge in [-0.2, -0.15) is 0 Å². The molecule has 3 amide bonds. The van der Waals surface area contributed by atoms with Crippen LogP contribution in [0.1, 0.15) is 51.1 Å². The Bertz CT molecular complexity index is 1080. The average molecular weight is 420 g/mol. The van der Waals surface area contributed by atoms with Crippen molar-refractivity contribution in [2.75, 3.05) is 5.32 Å². The van der Waals surface area contributed by atoms with Crippen LogP contribution in [-0.2, 0) is 11.2 Å². The molecule has 1 atom stereocenters. The molecule has 1 aliphatic heterocycles. The van der Waals surface area contributed by atoms with Gasteiger partial charge < -0.3 is 0 Å². The predicted octanol–water partition coefficient (Wildman–Crippen LogP) is 3.51. The minimum Gasteiger partial charge on any atom is -0.299 e. The largest absolute Gasteiger partial charge is 0.299 e. The number of imide groups is 1. The first kappa shape index (κ1) is 19.9. The molecule has 0 saturated carbocycles. The summed E-state index contributed by atoms with van der Waals surface area (Å²) in [6.45, 7) is 3.98. The Morgan fingerprint density at radius 3 is 2.13 bits per heavy atom. The van der Waals surface area contributed by atoms with Gasteiger partial charge in [0.25, 0.3) is 11.8 Å². The monoisotopic (exact) mass is 420 g/mol. The second-order valence-electron chi connectivity index (χ2n) is 7.32. The van der Waals surface area contributed by atoms with E-state index in [0.717, 1.165) is 15.5 Å². The molecule has 0 bridgehead atoms. The highest BCUT2D eigenvalue weighted by Gasteiger charge is 2.42. The molecular weight excluding hydrogens is 400 g/mol. The molecule has 2 heterocycles. The lowest BCUT2D eigenvalue weighted by Crippen LogP contribution is -2.48. The van der Waals surface area contributed by atoms with Gasteiger partial charge in [0.1, 0.15) is 11.0 Å². The molecule has 0 spiro atoms. The number of hydrogen-bond donors (Lipinski definition) is 1. The van der Waals surface area contributed by atoms with Crippen LogP contribution >= 0.6 is 11.3 Å². The Morgan fingerprint density at radius 2 is 1.57 bits per heavy atom. The Kier molecular flexibility index (Phi) is 5.41. The van der Waals surface area contributed by atoms with Crippen molar-refractivity contribution >= 4 is 34.2 Å². The summed E-state index contributed by atoms with van der Waals surface area (Å²) in [6, 6.07) is 14.9. The first-order valence-corrected chi connectivity index (χ1v) is 10.4. The quantitative estimate of drug-likeness (QED) is 0.616. The maximum Gasteiger partial charge on any atom is 0.262 e. The summed E-state index contributed by atoms with van der Waals surface area (Å²) in [5, 5.41) is 12.0. The molecule has 2 aromatic carbocycles. The number of nitrogens with zero attached hydrogens (tertiary/aromatic N) is 3. The number of carbonyl (C=O) groups is 3. The van der Waals surface area contributed by atoms with Crippen LogP contribution < -0.4 is 5.32 Å². The molecule has 30 heavy (non-hydrogen) atoms. The Balaban J connectivity index is 1.65. The van der Waals surface area contributed by atoms with E-state index in [2.05, 4.69) is 15.5 Å². The standard InChI is InChI=1S/C22H20N4O3S/c1-13(2)19-24-25-22(30-19)23-18(27)17(12-14-8-4-3-5-9-14)26-20(28)15-10-6-7-11-16(15)21(26)29/h3-11,13,17H,12H2,1-2H3,(H,23,25,27)/t17-/m0/s1. The molecule has 0 aliphatic carbocycles. The lowest BCUT2D eigenvalue weighted by Gasteiger charge is -2.25. The zero-order valence-electron chi connectivity index (χ0n) is 16.5. The number of carbonyl (C=O) groups excluding carboxylic acids is 3. The molecule has 1 N–H and O–H groups in total. The molecule has 7 nitrogen and oxygen atoms in total. The van der Waals surface area contributed by atoms with E-state index in [1.165, 1.54) is 11.3 Å². The Labute approximate surface area is 177 Å². The second-order valence-corrected chi connectivity index (χ2v) is 8.33. The van der Waals surface area contributed by atoms with Crippen molar-refractivity contribution < 1.29 is 14.4 Å². The highest BCUT2D eigenvalue weighted by Crippen LogP contribution is 2.27. The second kappa shape index (κ2) is 8.16. The van der Waals surface area contributed by atoms with Gasteiger partial charge in [0, 0.05) is 12.3 Å². The highest BCUT2D eigenvalue weighted by atomic mass is 32.1. The van der Waals surface area contributed by atoms with Gasteiger partial charge >= 0.3 is 0 Å². The van der Waals surface area contributed by atoms with Gasteiger partial charge in [-0.05, 0) is 17.7 Å². The van der Waals surface area contributed by atoms with Crippen molar-refractivity contribution in [1.29, 1.82) is 0 Å². The van der Waals surface area contributed by atoms with Crippen LogP contribution in [0.2, 0.25) is 0 Å². The number of amides is 3. The van der Waals surface area contributed by atoms with Crippen LogP contribution in [-0.4, -0.2) is 38.9 Å². The van der Waals surface area contributed by atoms with Gasteiger partial charge in [-0.3, -0.25) is 24.6 Å². The van der Waals surface area contributed by atoms with E-state index in [1.807, 2.05) is 44.2 Å². The summed E-state index contributed by atoms with van der Waals surface area (Å²) in [6.07, 6.45) is 0.202. The number of aromatic nitrogens is 2. The summed E-state index contributed by atoms with van der Waals surface area (Å²) >= 11 is 1.28. The average Bonchev–Trinajstić information content (AvgIpc) is 3.31. The summed E-state index contributed by atoms with van der Waals surface area (Å²) in [7, 11) is 0. The van der Waals surface area contributed by atoms with E-state index in [9.17, 15) is 14.4 Å². The number of rotatable bonds is 6. The lowest BCUT2D eigenvalue weighted by molar-refractivity contribution is -0.119. The fraction of sp³-hybridized carbons (Fsp3) is 0.227. The molecule has 1 aromatic heterocycles. The molecular formula is C22H20N4O3S. The van der Waals surface area contributed by atoms with Crippen LogP contribution in [0.25, 0.3) is 0 Å². The van der Waals surface area contributed by atoms with Gasteiger partial charge in [0.2, 0.25) is 11.0 Å². The number of fused-ring (bicyclic) bond motifs is 1. The van der Waals surface area contributed by atoms with Crippen LogP contribution in [0.3, 0.4) is 0 Å². The molecule has 4 rings (SSSR count). The summed E-state index contributed by atoms with van der Waals surface area (Å²) in [4.78, 5) is 40.2. The molecule has 0 radical (unpaired) electrons. The van der Waals surface area contributed by atoms with Crippen molar-refractivity contribution in [3.05, 3.63) is 76.3 Å². The van der Waals surface area contributed by atoms with Crippen molar-refractivity contribution in [1.82, 2.24) is 15.1 Å². The molecule has 0 fully saturated rings. The maximum absolute atomic E-state index is 13.2. The van der Waals surface area contributed by atoms with E-state index in [1.54, 1.807) is 24.3 Å². The number of benzene rings is 2. The molecule has 0 saturated heterocycles. The van der Waals surface area contributed by atoms with Crippen LogP contribution in [0, 0.1) is 0 Å². The molecule has 152 valence electrons. The minimum absolute atomic E-state index is 0.185. The van der Waals surface area contributed by atoms with Gasteiger partial charge in [-0.1, -0.05) is 67.6 Å². The fourth-order valence-corrected chi connectivity index (χ4v) is 4.09. The topological polar surface area (TPSA) is 92.3 Å². The SMILES string of the molecule is CC(C)c1nnc(NC(=O)[C@H](Cc2ccccc2)N2C(=O)c3ccccc3C2=O)s1. The first-order valence-electron chi connectivity index (χ1n) is 9.61. The smallest absolute Gasteiger partial charge is 0.262 e. The third-order valence-corrected chi connectivity index (χ3v) is 6.02. The van der Waals surface area contributed by atoms with Crippen molar-refractivity contribution in [3.63, 3.8) is 0 Å². The van der Waals surface area contributed by atoms with Crippen LogP contribution in [0.5, 0.6) is 0 Å². The van der Waals surface area contributed by atoms with Gasteiger partial charge in [0.15, 0.2) is 0 Å². The van der Waals surface area contributed by atoms with Crippen LogP contribution in [0.4, 0.5) is 5.13 Å². The number of anilines is 1. The Morgan fingerprint density at radius 1 is 0.967 bits per heavy atom. The van der Waals surface area contributed by atoms with E-state index in [4.69, 9.17) is 0 Å². The third-order valence-electron chi connectivity index (χ3n) is 4.88. The first-order chi connectivity index (χ1) is 14.5.